The fourth-order valence-electron chi connectivity index (χ4n) is 2.33. The van der Waals surface area contributed by atoms with Gasteiger partial charge < -0.3 is 4.74 Å². The van der Waals surface area contributed by atoms with Crippen LogP contribution >= 0.6 is 0 Å². The number of rotatable bonds is 7. The second-order valence-corrected chi connectivity index (χ2v) is 7.06. The molecular formula is C20H22O2Si. The van der Waals surface area contributed by atoms with Crippen molar-refractivity contribution in [2.75, 3.05) is 0 Å². The van der Waals surface area contributed by atoms with Crippen molar-refractivity contribution in [2.45, 2.75) is 31.5 Å². The molecule has 0 fully saturated rings. The molecule has 2 aromatic rings. The van der Waals surface area contributed by atoms with E-state index in [0.717, 1.165) is 6.42 Å². The minimum absolute atomic E-state index is 0.0930. The number of hydrogen-bond donors (Lipinski definition) is 0. The Morgan fingerprint density at radius 2 is 1.52 bits per heavy atom. The summed E-state index contributed by atoms with van der Waals surface area (Å²) >= 11 is 0. The smallest absolute Gasteiger partial charge is 0.333 e. The highest BCUT2D eigenvalue weighted by Gasteiger charge is 2.23. The standard InChI is InChI=1S/C20H22O2Si/c1-4-18(22-20(21)15(2)3)23-19(16-11-7-5-8-12-16)17-13-9-6-10-14-17/h5-14,18-19H,2,4H2,1,3H3. The van der Waals surface area contributed by atoms with Crippen LogP contribution in [0.3, 0.4) is 0 Å². The Hall–Kier alpha value is -2.13. The van der Waals surface area contributed by atoms with E-state index in [4.69, 9.17) is 4.74 Å². The molecule has 0 saturated heterocycles. The van der Waals surface area contributed by atoms with E-state index in [9.17, 15) is 4.79 Å². The van der Waals surface area contributed by atoms with Crippen molar-refractivity contribution in [3.05, 3.63) is 83.9 Å². The number of carbonyl (C=O) groups excluding carboxylic acids is 1. The van der Waals surface area contributed by atoms with E-state index in [1.807, 2.05) is 12.1 Å². The van der Waals surface area contributed by atoms with Crippen LogP contribution in [-0.4, -0.2) is 21.2 Å². The Kier molecular flexibility index (Phi) is 6.36. The van der Waals surface area contributed by atoms with Crippen LogP contribution < -0.4 is 0 Å². The molecule has 0 spiro atoms. The van der Waals surface area contributed by atoms with E-state index in [2.05, 4.69) is 62.0 Å². The molecule has 0 bridgehead atoms. The van der Waals surface area contributed by atoms with Gasteiger partial charge in [-0.25, -0.2) is 4.79 Å². The predicted molar refractivity (Wildman–Crippen MR) is 95.5 cm³/mol. The van der Waals surface area contributed by atoms with Gasteiger partial charge in [0.25, 0.3) is 0 Å². The molecule has 2 rings (SSSR count). The number of esters is 1. The molecule has 2 nitrogen and oxygen atoms in total. The Bertz CT molecular complexity index is 598. The molecule has 2 radical (unpaired) electrons. The normalized spacial score (nSPS) is 12.0. The van der Waals surface area contributed by atoms with E-state index >= 15 is 0 Å². The van der Waals surface area contributed by atoms with Crippen LogP contribution in [0.25, 0.3) is 0 Å². The molecule has 0 aliphatic rings. The van der Waals surface area contributed by atoms with Gasteiger partial charge in [-0.3, -0.25) is 0 Å². The van der Waals surface area contributed by atoms with Crippen LogP contribution in [0.1, 0.15) is 36.9 Å². The van der Waals surface area contributed by atoms with Crippen LogP contribution in [0.5, 0.6) is 0 Å². The number of benzene rings is 2. The minimum atomic E-state index is -0.302. The minimum Gasteiger partial charge on any atom is -0.463 e. The highest BCUT2D eigenvalue weighted by Crippen LogP contribution is 2.25. The SMILES string of the molecule is C=C(C)C(=O)OC(CC)[Si]C(c1ccccc1)c1ccccc1. The van der Waals surface area contributed by atoms with E-state index in [1.54, 1.807) is 6.92 Å². The van der Waals surface area contributed by atoms with E-state index in [-0.39, 0.29) is 17.2 Å². The van der Waals surface area contributed by atoms with Gasteiger partial charge in [0.1, 0.15) is 9.52 Å². The van der Waals surface area contributed by atoms with Gasteiger partial charge in [0, 0.05) is 11.1 Å². The lowest BCUT2D eigenvalue weighted by Gasteiger charge is -2.23. The quantitative estimate of drug-likeness (QED) is 0.431. The molecule has 0 aliphatic carbocycles. The van der Waals surface area contributed by atoms with E-state index in [1.165, 1.54) is 11.1 Å². The lowest BCUT2D eigenvalue weighted by Crippen LogP contribution is -2.29. The Morgan fingerprint density at radius 3 is 1.91 bits per heavy atom. The molecule has 0 saturated carbocycles. The van der Waals surface area contributed by atoms with Crippen molar-refractivity contribution in [1.29, 1.82) is 0 Å². The molecule has 0 aromatic heterocycles. The maximum Gasteiger partial charge on any atom is 0.333 e. The first kappa shape index (κ1) is 17.2. The van der Waals surface area contributed by atoms with Crippen molar-refractivity contribution in [1.82, 2.24) is 0 Å². The Morgan fingerprint density at radius 1 is 1.04 bits per heavy atom. The summed E-state index contributed by atoms with van der Waals surface area (Å²) in [6.45, 7) is 7.40. The monoisotopic (exact) mass is 322 g/mol. The van der Waals surface area contributed by atoms with Crippen molar-refractivity contribution in [3.63, 3.8) is 0 Å². The maximum atomic E-state index is 11.8. The molecule has 23 heavy (non-hydrogen) atoms. The lowest BCUT2D eigenvalue weighted by molar-refractivity contribution is -0.140. The summed E-state index contributed by atoms with van der Waals surface area (Å²) in [5.41, 5.74) is 3.10. The van der Waals surface area contributed by atoms with Gasteiger partial charge >= 0.3 is 5.97 Å². The van der Waals surface area contributed by atoms with Gasteiger partial charge in [0.2, 0.25) is 0 Å². The fourth-order valence-corrected chi connectivity index (χ4v) is 3.88. The Balaban J connectivity index is 2.24. The van der Waals surface area contributed by atoms with Crippen LogP contribution in [-0.2, 0) is 9.53 Å². The Labute approximate surface area is 141 Å². The second-order valence-electron chi connectivity index (χ2n) is 5.50. The zero-order chi connectivity index (χ0) is 16.7. The summed E-state index contributed by atoms with van der Waals surface area (Å²) in [5, 5.41) is 0. The average Bonchev–Trinajstić information content (AvgIpc) is 2.59. The molecular weight excluding hydrogens is 300 g/mol. The number of carbonyl (C=O) groups is 1. The predicted octanol–water partition coefficient (Wildman–Crippen LogP) is 4.34. The summed E-state index contributed by atoms with van der Waals surface area (Å²) in [6.07, 6.45) is 0.799. The van der Waals surface area contributed by atoms with Crippen molar-refractivity contribution in [2.24, 2.45) is 0 Å². The molecule has 0 aliphatic heterocycles. The zero-order valence-corrected chi connectivity index (χ0v) is 14.7. The summed E-state index contributed by atoms with van der Waals surface area (Å²) < 4.78 is 5.61. The van der Waals surface area contributed by atoms with Gasteiger partial charge in [0.15, 0.2) is 0 Å². The number of ether oxygens (including phenoxy) is 1. The second kappa shape index (κ2) is 8.49. The molecule has 0 amide bonds. The molecule has 1 unspecified atom stereocenters. The maximum absolute atomic E-state index is 11.8. The van der Waals surface area contributed by atoms with Crippen molar-refractivity contribution in [3.8, 4) is 0 Å². The summed E-state index contributed by atoms with van der Waals surface area (Å²) in [4.78, 5) is 11.8. The van der Waals surface area contributed by atoms with Gasteiger partial charge in [-0.2, -0.15) is 0 Å². The van der Waals surface area contributed by atoms with E-state index in [0.29, 0.717) is 15.1 Å². The first-order chi connectivity index (χ1) is 11.1. The fraction of sp³-hybridized carbons (Fsp3) is 0.250. The summed E-state index contributed by atoms with van der Waals surface area (Å²) in [7, 11) is 0.471. The molecule has 2 aromatic carbocycles. The third-order valence-electron chi connectivity index (χ3n) is 3.59. The third kappa shape index (κ3) is 4.93. The largest absolute Gasteiger partial charge is 0.463 e. The number of hydrogen-bond acceptors (Lipinski definition) is 2. The van der Waals surface area contributed by atoms with Crippen molar-refractivity contribution >= 4 is 15.5 Å². The average molecular weight is 322 g/mol. The van der Waals surface area contributed by atoms with Gasteiger partial charge in [0.05, 0.1) is 5.73 Å². The first-order valence-electron chi connectivity index (χ1n) is 7.84. The topological polar surface area (TPSA) is 26.3 Å². The lowest BCUT2D eigenvalue weighted by atomic mass is 10.0. The van der Waals surface area contributed by atoms with Crippen molar-refractivity contribution < 1.29 is 9.53 Å². The molecule has 0 N–H and O–H groups in total. The van der Waals surface area contributed by atoms with Crippen LogP contribution in [0, 0.1) is 0 Å². The third-order valence-corrected chi connectivity index (χ3v) is 5.48. The highest BCUT2D eigenvalue weighted by atomic mass is 28.2. The molecule has 3 heteroatoms. The van der Waals surface area contributed by atoms with Crippen LogP contribution in [0.15, 0.2) is 72.8 Å². The first-order valence-corrected chi connectivity index (χ1v) is 8.99. The van der Waals surface area contributed by atoms with Gasteiger partial charge in [-0.1, -0.05) is 74.2 Å². The highest BCUT2D eigenvalue weighted by molar-refractivity contribution is 6.41. The molecule has 118 valence electrons. The van der Waals surface area contributed by atoms with E-state index < -0.39 is 0 Å². The van der Waals surface area contributed by atoms with Crippen LogP contribution in [0.2, 0.25) is 0 Å². The molecule has 1 atom stereocenters. The van der Waals surface area contributed by atoms with Crippen LogP contribution in [0.4, 0.5) is 0 Å². The summed E-state index contributed by atoms with van der Waals surface area (Å²) in [6, 6.07) is 20.8. The summed E-state index contributed by atoms with van der Waals surface area (Å²) in [5.74, 6) is -0.302. The molecule has 0 heterocycles. The van der Waals surface area contributed by atoms with Gasteiger partial charge in [-0.15, -0.1) is 0 Å². The zero-order valence-electron chi connectivity index (χ0n) is 13.7. The van der Waals surface area contributed by atoms with Gasteiger partial charge in [-0.05, 0) is 24.5 Å².